The molecule has 0 atom stereocenters. The second-order valence-corrected chi connectivity index (χ2v) is 8.38. The Kier molecular flexibility index (Phi) is 5.33. The van der Waals surface area contributed by atoms with Crippen molar-refractivity contribution in [3.63, 3.8) is 0 Å². The molecule has 9 heteroatoms. The predicted octanol–water partition coefficient (Wildman–Crippen LogP) is 3.01. The van der Waals surface area contributed by atoms with Crippen LogP contribution in [0.5, 0.6) is 11.5 Å². The summed E-state index contributed by atoms with van der Waals surface area (Å²) in [6.07, 6.45) is 2.53. The monoisotopic (exact) mass is 392 g/mol. The number of rotatable bonds is 5. The quantitative estimate of drug-likeness (QED) is 0.530. The summed E-state index contributed by atoms with van der Waals surface area (Å²) in [6.45, 7) is 0. The number of nitrogens with one attached hydrogen (secondary N) is 1. The van der Waals surface area contributed by atoms with Crippen molar-refractivity contribution in [2.75, 3.05) is 0 Å². The van der Waals surface area contributed by atoms with Gasteiger partial charge in [-0.2, -0.15) is 0 Å². The van der Waals surface area contributed by atoms with Gasteiger partial charge in [-0.1, -0.05) is 12.1 Å². The molecule has 1 aliphatic rings. The van der Waals surface area contributed by atoms with E-state index in [9.17, 15) is 28.7 Å². The van der Waals surface area contributed by atoms with E-state index in [4.69, 9.17) is 0 Å². The number of hydrogen-bond acceptors (Lipinski definition) is 6. The van der Waals surface area contributed by atoms with Crippen LogP contribution in [0.1, 0.15) is 37.2 Å². The minimum atomic E-state index is -3.85. The van der Waals surface area contributed by atoms with Crippen molar-refractivity contribution < 1.29 is 23.6 Å². The third kappa shape index (κ3) is 4.37. The second kappa shape index (κ2) is 7.53. The van der Waals surface area contributed by atoms with Crippen LogP contribution in [-0.4, -0.2) is 29.6 Å². The van der Waals surface area contributed by atoms with Gasteiger partial charge in [0, 0.05) is 24.2 Å². The number of phenols is 2. The lowest BCUT2D eigenvalue weighted by Gasteiger charge is -2.29. The van der Waals surface area contributed by atoms with Gasteiger partial charge in [0.15, 0.2) is 0 Å². The number of phenolic OH excluding ortho intramolecular Hbond substituents is 2. The highest BCUT2D eigenvalue weighted by molar-refractivity contribution is 7.89. The average molecular weight is 392 g/mol. The fourth-order valence-electron chi connectivity index (χ4n) is 3.45. The van der Waals surface area contributed by atoms with E-state index in [-0.39, 0.29) is 34.0 Å². The summed E-state index contributed by atoms with van der Waals surface area (Å²) in [5, 5.41) is 30.2. The summed E-state index contributed by atoms with van der Waals surface area (Å²) in [6, 6.07) is 9.19. The van der Waals surface area contributed by atoms with Gasteiger partial charge in [0.2, 0.25) is 10.0 Å². The molecule has 2 aromatic rings. The van der Waals surface area contributed by atoms with E-state index in [1.165, 1.54) is 30.3 Å². The SMILES string of the molecule is O=[N+]([O-])c1cccc(S(=O)(=O)N[C@H]2CC[C@@H](c3ccc(O)cc3O)CC2)c1. The molecule has 0 saturated heterocycles. The zero-order chi connectivity index (χ0) is 19.6. The molecule has 0 radical (unpaired) electrons. The maximum atomic E-state index is 12.5. The molecule has 1 fully saturated rings. The van der Waals surface area contributed by atoms with Crippen LogP contribution in [0.4, 0.5) is 5.69 Å². The lowest BCUT2D eigenvalue weighted by molar-refractivity contribution is -0.385. The van der Waals surface area contributed by atoms with Gasteiger partial charge in [-0.25, -0.2) is 13.1 Å². The predicted molar refractivity (Wildman–Crippen MR) is 98.2 cm³/mol. The van der Waals surface area contributed by atoms with E-state index < -0.39 is 14.9 Å². The zero-order valence-electron chi connectivity index (χ0n) is 14.4. The van der Waals surface area contributed by atoms with Gasteiger partial charge in [-0.15, -0.1) is 0 Å². The molecule has 0 bridgehead atoms. The van der Waals surface area contributed by atoms with Crippen LogP contribution < -0.4 is 4.72 Å². The first kappa shape index (κ1) is 19.1. The molecule has 0 unspecified atom stereocenters. The van der Waals surface area contributed by atoms with Crippen LogP contribution in [0.15, 0.2) is 47.4 Å². The molecular formula is C18H20N2O6S. The summed E-state index contributed by atoms with van der Waals surface area (Å²) in [7, 11) is -3.85. The standard InChI is InChI=1S/C18H20N2O6S/c21-15-8-9-17(18(22)11-15)12-4-6-13(7-5-12)19-27(25,26)16-3-1-2-14(10-16)20(23)24/h1-3,8-13,19,21-22H,4-7H2/t12-,13+. The van der Waals surface area contributed by atoms with Crippen LogP contribution in [0.25, 0.3) is 0 Å². The van der Waals surface area contributed by atoms with Crippen LogP contribution in [-0.2, 0) is 10.0 Å². The Morgan fingerprint density at radius 3 is 2.37 bits per heavy atom. The normalized spacial score (nSPS) is 20.3. The van der Waals surface area contributed by atoms with Crippen molar-refractivity contribution in [1.29, 1.82) is 0 Å². The lowest BCUT2D eigenvalue weighted by Crippen LogP contribution is -2.37. The molecule has 3 N–H and O–H groups in total. The van der Waals surface area contributed by atoms with Gasteiger partial charge in [0.25, 0.3) is 5.69 Å². The number of nitrogens with zero attached hydrogens (tertiary/aromatic N) is 1. The van der Waals surface area contributed by atoms with Gasteiger partial charge in [-0.3, -0.25) is 10.1 Å². The molecule has 3 rings (SSSR count). The molecule has 1 aliphatic carbocycles. The Labute approximate surface area is 156 Å². The maximum absolute atomic E-state index is 12.5. The van der Waals surface area contributed by atoms with Crippen molar-refractivity contribution in [3.8, 4) is 11.5 Å². The number of sulfonamides is 1. The summed E-state index contributed by atoms with van der Waals surface area (Å²) in [5.74, 6) is 0.120. The molecule has 0 amide bonds. The minimum absolute atomic E-state index is 0.00495. The van der Waals surface area contributed by atoms with E-state index in [0.29, 0.717) is 25.7 Å². The Bertz CT molecular complexity index is 952. The van der Waals surface area contributed by atoms with Crippen LogP contribution in [0.2, 0.25) is 0 Å². The Balaban J connectivity index is 1.66. The van der Waals surface area contributed by atoms with Crippen molar-refractivity contribution in [1.82, 2.24) is 4.72 Å². The van der Waals surface area contributed by atoms with Gasteiger partial charge in [0.1, 0.15) is 11.5 Å². The molecule has 1 saturated carbocycles. The molecule has 8 nitrogen and oxygen atoms in total. The van der Waals surface area contributed by atoms with Gasteiger partial charge >= 0.3 is 0 Å². The van der Waals surface area contributed by atoms with Gasteiger partial charge < -0.3 is 10.2 Å². The van der Waals surface area contributed by atoms with Crippen LogP contribution in [0, 0.1) is 10.1 Å². The highest BCUT2D eigenvalue weighted by atomic mass is 32.2. The first-order valence-corrected chi connectivity index (χ1v) is 10.0. The highest BCUT2D eigenvalue weighted by Gasteiger charge is 2.28. The number of nitro benzene ring substituents is 1. The van der Waals surface area contributed by atoms with E-state index in [2.05, 4.69) is 4.72 Å². The molecule has 2 aromatic carbocycles. The van der Waals surface area contributed by atoms with Crippen molar-refractivity contribution >= 4 is 15.7 Å². The van der Waals surface area contributed by atoms with E-state index in [1.54, 1.807) is 6.07 Å². The first-order chi connectivity index (χ1) is 12.8. The van der Waals surface area contributed by atoms with Gasteiger partial charge in [-0.05, 0) is 49.3 Å². The van der Waals surface area contributed by atoms with Crippen molar-refractivity contribution in [2.45, 2.75) is 42.5 Å². The lowest BCUT2D eigenvalue weighted by atomic mass is 9.81. The first-order valence-electron chi connectivity index (χ1n) is 8.55. The highest BCUT2D eigenvalue weighted by Crippen LogP contribution is 2.38. The van der Waals surface area contributed by atoms with Gasteiger partial charge in [0.05, 0.1) is 9.82 Å². The Hall–Kier alpha value is -2.65. The van der Waals surface area contributed by atoms with Crippen molar-refractivity contribution in [2.24, 2.45) is 0 Å². The molecule has 0 aliphatic heterocycles. The number of aromatic hydroxyl groups is 2. The largest absolute Gasteiger partial charge is 0.508 e. The number of nitro groups is 1. The average Bonchev–Trinajstić information content (AvgIpc) is 2.62. The van der Waals surface area contributed by atoms with E-state index in [0.717, 1.165) is 11.6 Å². The second-order valence-electron chi connectivity index (χ2n) is 6.67. The summed E-state index contributed by atoms with van der Waals surface area (Å²) in [5.41, 5.74) is 0.470. The molecule has 0 aromatic heterocycles. The summed E-state index contributed by atoms with van der Waals surface area (Å²) in [4.78, 5) is 10.1. The Morgan fingerprint density at radius 2 is 1.74 bits per heavy atom. The molecular weight excluding hydrogens is 372 g/mol. The Morgan fingerprint density at radius 1 is 1.04 bits per heavy atom. The third-order valence-electron chi connectivity index (χ3n) is 4.84. The van der Waals surface area contributed by atoms with E-state index >= 15 is 0 Å². The molecule has 0 spiro atoms. The fourth-order valence-corrected chi connectivity index (χ4v) is 4.80. The number of hydrogen-bond donors (Lipinski definition) is 3. The summed E-state index contributed by atoms with van der Waals surface area (Å²) < 4.78 is 27.7. The fraction of sp³-hybridized carbons (Fsp3) is 0.333. The number of non-ortho nitro benzene ring substituents is 1. The minimum Gasteiger partial charge on any atom is -0.508 e. The molecule has 144 valence electrons. The third-order valence-corrected chi connectivity index (χ3v) is 6.36. The zero-order valence-corrected chi connectivity index (χ0v) is 15.2. The summed E-state index contributed by atoms with van der Waals surface area (Å²) >= 11 is 0. The smallest absolute Gasteiger partial charge is 0.270 e. The van der Waals surface area contributed by atoms with Crippen molar-refractivity contribution in [3.05, 3.63) is 58.1 Å². The van der Waals surface area contributed by atoms with Crippen LogP contribution in [0.3, 0.4) is 0 Å². The van der Waals surface area contributed by atoms with Crippen LogP contribution >= 0.6 is 0 Å². The maximum Gasteiger partial charge on any atom is 0.270 e. The topological polar surface area (TPSA) is 130 Å². The molecule has 0 heterocycles. The molecule has 27 heavy (non-hydrogen) atoms. The van der Waals surface area contributed by atoms with E-state index in [1.807, 2.05) is 0 Å². The number of benzene rings is 2.